The summed E-state index contributed by atoms with van der Waals surface area (Å²) in [4.78, 5) is 25.8. The highest BCUT2D eigenvalue weighted by Gasteiger charge is 2.46. The van der Waals surface area contributed by atoms with Gasteiger partial charge in [-0.05, 0) is 54.4 Å². The Morgan fingerprint density at radius 2 is 1.55 bits per heavy atom. The van der Waals surface area contributed by atoms with Gasteiger partial charge in [0.25, 0.3) is 0 Å². The monoisotopic (exact) mass is 402 g/mol. The van der Waals surface area contributed by atoms with Crippen LogP contribution in [0.3, 0.4) is 0 Å². The number of hydrogen-bond acceptors (Lipinski definition) is 5. The first-order valence-electron chi connectivity index (χ1n) is 11.0. The first kappa shape index (κ1) is 22.0. The summed E-state index contributed by atoms with van der Waals surface area (Å²) >= 11 is 0. The fraction of sp³-hybridized carbons (Fsp3) is 0.667. The second-order valence-electron chi connectivity index (χ2n) is 8.17. The fourth-order valence-corrected chi connectivity index (χ4v) is 4.95. The van der Waals surface area contributed by atoms with E-state index in [1.54, 1.807) is 0 Å². The van der Waals surface area contributed by atoms with Crippen molar-refractivity contribution >= 4 is 11.8 Å². The van der Waals surface area contributed by atoms with Crippen molar-refractivity contribution in [3.05, 3.63) is 34.4 Å². The highest BCUT2D eigenvalue weighted by Crippen LogP contribution is 2.42. The number of esters is 1. The van der Waals surface area contributed by atoms with Crippen molar-refractivity contribution in [2.24, 2.45) is 17.8 Å². The normalized spacial score (nSPS) is 24.8. The van der Waals surface area contributed by atoms with Crippen LogP contribution in [-0.2, 0) is 49.5 Å². The minimum atomic E-state index is -0.407. The zero-order valence-corrected chi connectivity index (χ0v) is 18.2. The fourth-order valence-electron chi connectivity index (χ4n) is 4.95. The SMILES string of the molecule is CCc1cc(CC)c(CC(=O)C2CC(C3OCCO3)CC2C(=O)OC)c(CC)c1. The van der Waals surface area contributed by atoms with Gasteiger partial charge in [-0.3, -0.25) is 9.59 Å². The van der Waals surface area contributed by atoms with Crippen LogP contribution in [0, 0.1) is 17.8 Å². The third kappa shape index (κ3) is 4.72. The van der Waals surface area contributed by atoms with Gasteiger partial charge in [0.1, 0.15) is 5.78 Å². The molecule has 1 saturated heterocycles. The molecule has 2 fully saturated rings. The standard InChI is InChI=1S/C24H34O5/c1-5-15-10-16(6-2)19(17(7-3)11-15)14-22(25)20-12-18(24-28-8-9-29-24)13-21(20)23(26)27-4/h10-11,18,20-21,24H,5-9,12-14H2,1-4H3. The van der Waals surface area contributed by atoms with Gasteiger partial charge in [-0.2, -0.15) is 0 Å². The Morgan fingerprint density at radius 3 is 2.07 bits per heavy atom. The Morgan fingerprint density at radius 1 is 0.966 bits per heavy atom. The van der Waals surface area contributed by atoms with E-state index in [1.165, 1.54) is 23.8 Å². The molecule has 2 aliphatic rings. The molecule has 5 nitrogen and oxygen atoms in total. The first-order valence-corrected chi connectivity index (χ1v) is 11.0. The largest absolute Gasteiger partial charge is 0.469 e. The minimum Gasteiger partial charge on any atom is -0.469 e. The van der Waals surface area contributed by atoms with E-state index in [4.69, 9.17) is 14.2 Å². The number of ketones is 1. The summed E-state index contributed by atoms with van der Waals surface area (Å²) in [6.45, 7) is 7.59. The topological polar surface area (TPSA) is 61.8 Å². The second kappa shape index (κ2) is 9.86. The van der Waals surface area contributed by atoms with Crippen LogP contribution in [0.25, 0.3) is 0 Å². The van der Waals surface area contributed by atoms with E-state index in [1.807, 2.05) is 0 Å². The van der Waals surface area contributed by atoms with Gasteiger partial charge in [0, 0.05) is 18.3 Å². The van der Waals surface area contributed by atoms with E-state index >= 15 is 0 Å². The van der Waals surface area contributed by atoms with Crippen molar-refractivity contribution in [3.63, 3.8) is 0 Å². The number of carbonyl (C=O) groups excluding carboxylic acids is 2. The Hall–Kier alpha value is -1.72. The van der Waals surface area contributed by atoms with E-state index in [2.05, 4.69) is 32.9 Å². The maximum absolute atomic E-state index is 13.4. The molecule has 1 aliphatic heterocycles. The molecule has 1 aliphatic carbocycles. The van der Waals surface area contributed by atoms with Gasteiger partial charge in [-0.1, -0.05) is 32.9 Å². The van der Waals surface area contributed by atoms with Crippen LogP contribution in [0.1, 0.15) is 55.9 Å². The highest BCUT2D eigenvalue weighted by atomic mass is 16.7. The first-order chi connectivity index (χ1) is 14.0. The number of rotatable bonds is 8. The van der Waals surface area contributed by atoms with Crippen LogP contribution in [0.4, 0.5) is 0 Å². The van der Waals surface area contributed by atoms with Crippen molar-refractivity contribution < 1.29 is 23.8 Å². The van der Waals surface area contributed by atoms with Crippen molar-refractivity contribution in [3.8, 4) is 0 Å². The molecule has 1 saturated carbocycles. The van der Waals surface area contributed by atoms with Crippen LogP contribution < -0.4 is 0 Å². The molecule has 3 rings (SSSR count). The summed E-state index contributed by atoms with van der Waals surface area (Å²) in [5.41, 5.74) is 4.97. The molecule has 0 spiro atoms. The summed E-state index contributed by atoms with van der Waals surface area (Å²) in [7, 11) is 1.40. The smallest absolute Gasteiger partial charge is 0.309 e. The summed E-state index contributed by atoms with van der Waals surface area (Å²) in [6, 6.07) is 4.47. The van der Waals surface area contributed by atoms with Gasteiger partial charge < -0.3 is 14.2 Å². The number of benzene rings is 1. The van der Waals surface area contributed by atoms with Gasteiger partial charge in [0.05, 0.1) is 26.2 Å². The van der Waals surface area contributed by atoms with E-state index in [0.717, 1.165) is 24.8 Å². The third-order valence-corrected chi connectivity index (χ3v) is 6.56. The average Bonchev–Trinajstić information content (AvgIpc) is 3.42. The lowest BCUT2D eigenvalue weighted by Crippen LogP contribution is -2.28. The van der Waals surface area contributed by atoms with Gasteiger partial charge in [0.2, 0.25) is 0 Å². The predicted molar refractivity (Wildman–Crippen MR) is 111 cm³/mol. The molecule has 5 heteroatoms. The van der Waals surface area contributed by atoms with Crippen molar-refractivity contribution in [2.45, 2.75) is 65.6 Å². The molecule has 0 radical (unpaired) electrons. The molecule has 0 amide bonds. The maximum Gasteiger partial charge on any atom is 0.309 e. The average molecular weight is 403 g/mol. The van der Waals surface area contributed by atoms with E-state index < -0.39 is 5.92 Å². The zero-order chi connectivity index (χ0) is 21.0. The number of hydrogen-bond donors (Lipinski definition) is 0. The van der Waals surface area contributed by atoms with Gasteiger partial charge in [0.15, 0.2) is 6.29 Å². The Bertz CT molecular complexity index is 710. The number of carbonyl (C=O) groups is 2. The lowest BCUT2D eigenvalue weighted by Gasteiger charge is -2.20. The maximum atomic E-state index is 13.4. The lowest BCUT2D eigenvalue weighted by molar-refractivity contribution is -0.149. The molecule has 3 atom stereocenters. The summed E-state index contributed by atoms with van der Waals surface area (Å²) < 4.78 is 16.3. The molecule has 0 N–H and O–H groups in total. The van der Waals surface area contributed by atoms with Crippen molar-refractivity contribution in [1.29, 1.82) is 0 Å². The minimum absolute atomic E-state index is 0.0642. The van der Waals surface area contributed by atoms with Crippen LogP contribution in [0.2, 0.25) is 0 Å². The molecule has 0 aromatic heterocycles. The molecular weight excluding hydrogens is 368 g/mol. The van der Waals surface area contributed by atoms with Crippen molar-refractivity contribution in [2.75, 3.05) is 20.3 Å². The van der Waals surface area contributed by atoms with Gasteiger partial charge in [-0.25, -0.2) is 0 Å². The van der Waals surface area contributed by atoms with Crippen LogP contribution >= 0.6 is 0 Å². The molecule has 1 aromatic carbocycles. The Labute approximate surface area is 174 Å². The third-order valence-electron chi connectivity index (χ3n) is 6.56. The highest BCUT2D eigenvalue weighted by molar-refractivity contribution is 5.89. The molecule has 29 heavy (non-hydrogen) atoms. The molecule has 1 heterocycles. The van der Waals surface area contributed by atoms with Gasteiger partial charge >= 0.3 is 5.97 Å². The second-order valence-corrected chi connectivity index (χ2v) is 8.17. The number of Topliss-reactive ketones (excluding diaryl/α,β-unsaturated/α-hetero) is 1. The quantitative estimate of drug-likeness (QED) is 0.621. The van der Waals surface area contributed by atoms with Crippen LogP contribution in [-0.4, -0.2) is 38.4 Å². The summed E-state index contributed by atoms with van der Waals surface area (Å²) in [6.07, 6.45) is 4.09. The zero-order valence-electron chi connectivity index (χ0n) is 18.2. The van der Waals surface area contributed by atoms with Gasteiger partial charge in [-0.15, -0.1) is 0 Å². The lowest BCUT2D eigenvalue weighted by atomic mass is 9.84. The van der Waals surface area contributed by atoms with E-state index in [-0.39, 0.29) is 29.9 Å². The molecule has 1 aromatic rings. The molecule has 160 valence electrons. The summed E-state index contributed by atoms with van der Waals surface area (Å²) in [5, 5.41) is 0. The number of aryl methyl sites for hydroxylation is 3. The summed E-state index contributed by atoms with van der Waals surface area (Å²) in [5.74, 6) is -0.837. The predicted octanol–water partition coefficient (Wildman–Crippen LogP) is 3.67. The van der Waals surface area contributed by atoms with E-state index in [9.17, 15) is 9.59 Å². The van der Waals surface area contributed by atoms with Crippen molar-refractivity contribution in [1.82, 2.24) is 0 Å². The molecular formula is C24H34O5. The van der Waals surface area contributed by atoms with E-state index in [0.29, 0.717) is 32.5 Å². The Kier molecular flexibility index (Phi) is 7.47. The Balaban J connectivity index is 1.83. The van der Waals surface area contributed by atoms with Crippen LogP contribution in [0.5, 0.6) is 0 Å². The van der Waals surface area contributed by atoms with Crippen LogP contribution in [0.15, 0.2) is 12.1 Å². The number of methoxy groups -OCH3 is 1. The molecule has 3 unspecified atom stereocenters. The molecule has 0 bridgehead atoms. The number of ether oxygens (including phenoxy) is 3.